The zero-order valence-electron chi connectivity index (χ0n) is 19.4. The summed E-state index contributed by atoms with van der Waals surface area (Å²) in [6, 6.07) is 12.1. The second kappa shape index (κ2) is 10.2. The predicted octanol–water partition coefficient (Wildman–Crippen LogP) is 3.09. The highest BCUT2D eigenvalue weighted by Crippen LogP contribution is 2.38. The van der Waals surface area contributed by atoms with E-state index in [1.165, 1.54) is 0 Å². The normalized spacial score (nSPS) is 17.0. The molecule has 2 fully saturated rings. The van der Waals surface area contributed by atoms with Gasteiger partial charge in [0.15, 0.2) is 11.6 Å². The van der Waals surface area contributed by atoms with Crippen molar-refractivity contribution in [3.8, 4) is 17.0 Å². The number of aliphatic hydroxyl groups excluding tert-OH is 1. The minimum atomic E-state index is -0.209. The molecular formula is C25H30N6O3. The Hall–Kier alpha value is -3.43. The van der Waals surface area contributed by atoms with E-state index in [1.54, 1.807) is 19.5 Å². The van der Waals surface area contributed by atoms with Crippen molar-refractivity contribution in [1.82, 2.24) is 15.0 Å². The maximum absolute atomic E-state index is 9.90. The van der Waals surface area contributed by atoms with Gasteiger partial charge in [0.05, 0.1) is 26.4 Å². The summed E-state index contributed by atoms with van der Waals surface area (Å²) in [7, 11) is 1.64. The van der Waals surface area contributed by atoms with Gasteiger partial charge in [0.25, 0.3) is 0 Å². The van der Waals surface area contributed by atoms with Gasteiger partial charge in [0, 0.05) is 55.5 Å². The monoisotopic (exact) mass is 462 g/mol. The maximum Gasteiger partial charge on any atom is 0.228 e. The molecule has 9 nitrogen and oxygen atoms in total. The molecule has 34 heavy (non-hydrogen) atoms. The quantitative estimate of drug-likeness (QED) is 0.573. The molecule has 178 valence electrons. The van der Waals surface area contributed by atoms with E-state index in [1.807, 2.05) is 24.3 Å². The number of rotatable bonds is 6. The van der Waals surface area contributed by atoms with Crippen molar-refractivity contribution in [2.45, 2.75) is 18.9 Å². The Morgan fingerprint density at radius 3 is 2.50 bits per heavy atom. The smallest absolute Gasteiger partial charge is 0.228 e. The number of benzene rings is 1. The number of hydrogen-bond donors (Lipinski definition) is 2. The Kier molecular flexibility index (Phi) is 6.73. The first-order chi connectivity index (χ1) is 16.7. The average molecular weight is 463 g/mol. The lowest BCUT2D eigenvalue weighted by Gasteiger charge is -2.31. The summed E-state index contributed by atoms with van der Waals surface area (Å²) in [5.41, 5.74) is 3.66. The highest BCUT2D eigenvalue weighted by molar-refractivity contribution is 5.78. The maximum atomic E-state index is 9.90. The molecule has 9 heteroatoms. The Labute approximate surface area is 199 Å². The van der Waals surface area contributed by atoms with E-state index in [0.717, 1.165) is 61.7 Å². The zero-order chi connectivity index (χ0) is 23.3. The van der Waals surface area contributed by atoms with E-state index in [0.29, 0.717) is 30.7 Å². The van der Waals surface area contributed by atoms with Crippen LogP contribution in [0.2, 0.25) is 0 Å². The van der Waals surface area contributed by atoms with Gasteiger partial charge in [-0.05, 0) is 37.1 Å². The molecule has 0 saturated carbocycles. The topological polar surface area (TPSA) is 95.9 Å². The third kappa shape index (κ3) is 4.90. The molecule has 0 atom stereocenters. The lowest BCUT2D eigenvalue weighted by molar-refractivity contribution is 0.122. The van der Waals surface area contributed by atoms with Gasteiger partial charge in [-0.3, -0.25) is 4.98 Å². The number of anilines is 4. The third-order valence-electron chi connectivity index (χ3n) is 6.24. The van der Waals surface area contributed by atoms with Gasteiger partial charge in [-0.15, -0.1) is 0 Å². The summed E-state index contributed by atoms with van der Waals surface area (Å²) in [5.74, 6) is 1.83. The Morgan fingerprint density at radius 1 is 1.00 bits per heavy atom. The molecule has 2 aliphatic rings. The minimum Gasteiger partial charge on any atom is -0.491 e. The molecule has 0 amide bonds. The van der Waals surface area contributed by atoms with Crippen LogP contribution in [-0.4, -0.2) is 72.7 Å². The summed E-state index contributed by atoms with van der Waals surface area (Å²) in [6.07, 6.45) is 4.82. The second-order valence-electron chi connectivity index (χ2n) is 8.48. The number of aliphatic hydroxyl groups is 1. The van der Waals surface area contributed by atoms with Crippen LogP contribution in [0.15, 0.2) is 48.8 Å². The van der Waals surface area contributed by atoms with Crippen LogP contribution in [0.25, 0.3) is 11.3 Å². The largest absolute Gasteiger partial charge is 0.491 e. The molecule has 0 bridgehead atoms. The number of nitrogens with zero attached hydrogens (tertiary/aromatic N) is 5. The van der Waals surface area contributed by atoms with Crippen LogP contribution in [0, 0.1) is 0 Å². The van der Waals surface area contributed by atoms with Gasteiger partial charge in [-0.25, -0.2) is 4.98 Å². The van der Waals surface area contributed by atoms with Crippen LogP contribution in [0.4, 0.5) is 23.1 Å². The van der Waals surface area contributed by atoms with Crippen LogP contribution in [-0.2, 0) is 4.74 Å². The summed E-state index contributed by atoms with van der Waals surface area (Å²) < 4.78 is 11.4. The Bertz CT molecular complexity index is 1100. The number of hydrogen-bond acceptors (Lipinski definition) is 9. The van der Waals surface area contributed by atoms with Crippen LogP contribution < -0.4 is 19.9 Å². The van der Waals surface area contributed by atoms with Crippen LogP contribution in [0.1, 0.15) is 12.8 Å². The van der Waals surface area contributed by atoms with E-state index in [9.17, 15) is 5.11 Å². The summed E-state index contributed by atoms with van der Waals surface area (Å²) in [5, 5.41) is 13.3. The summed E-state index contributed by atoms with van der Waals surface area (Å²) in [6.45, 7) is 4.42. The standard InChI is InChI=1S/C25H30N6O3/c1-33-23-22(18-3-2-4-20(17-18)30-11-7-21(32)8-12-30)28-25(31-13-15-34-16-14-31)29-24(23)27-19-5-9-26-10-6-19/h2-6,9-10,17,21,32H,7-8,11-16H2,1H3,(H,26,27,28,29). The van der Waals surface area contributed by atoms with Gasteiger partial charge < -0.3 is 29.7 Å². The molecule has 0 unspecified atom stereocenters. The average Bonchev–Trinajstić information content (AvgIpc) is 2.90. The van der Waals surface area contributed by atoms with E-state index in [-0.39, 0.29) is 6.10 Å². The molecule has 2 saturated heterocycles. The van der Waals surface area contributed by atoms with Gasteiger partial charge in [-0.2, -0.15) is 4.98 Å². The summed E-state index contributed by atoms with van der Waals surface area (Å²) >= 11 is 0. The van der Waals surface area contributed by atoms with Crippen molar-refractivity contribution in [3.63, 3.8) is 0 Å². The van der Waals surface area contributed by atoms with Gasteiger partial charge in [-0.1, -0.05) is 12.1 Å². The molecule has 2 aromatic heterocycles. The van der Waals surface area contributed by atoms with Crippen molar-refractivity contribution in [2.24, 2.45) is 0 Å². The predicted molar refractivity (Wildman–Crippen MR) is 132 cm³/mol. The van der Waals surface area contributed by atoms with Crippen LogP contribution in [0.3, 0.4) is 0 Å². The van der Waals surface area contributed by atoms with Crippen molar-refractivity contribution >= 4 is 23.1 Å². The van der Waals surface area contributed by atoms with Crippen LogP contribution >= 0.6 is 0 Å². The molecule has 2 N–H and O–H groups in total. The number of nitrogens with one attached hydrogen (secondary N) is 1. The van der Waals surface area contributed by atoms with Gasteiger partial charge in [0.1, 0.15) is 5.69 Å². The van der Waals surface area contributed by atoms with Gasteiger partial charge >= 0.3 is 0 Å². The number of morpholine rings is 1. The lowest BCUT2D eigenvalue weighted by atomic mass is 10.1. The number of aromatic nitrogens is 3. The summed E-state index contributed by atoms with van der Waals surface area (Å²) in [4.78, 5) is 18.3. The van der Waals surface area contributed by atoms with E-state index < -0.39 is 0 Å². The highest BCUT2D eigenvalue weighted by atomic mass is 16.5. The van der Waals surface area contributed by atoms with E-state index in [2.05, 4.69) is 32.2 Å². The van der Waals surface area contributed by atoms with E-state index >= 15 is 0 Å². The number of ether oxygens (including phenoxy) is 2. The van der Waals surface area contributed by atoms with Crippen LogP contribution in [0.5, 0.6) is 5.75 Å². The molecule has 2 aliphatic heterocycles. The molecule has 5 rings (SSSR count). The molecular weight excluding hydrogens is 432 g/mol. The molecule has 3 aromatic rings. The second-order valence-corrected chi connectivity index (χ2v) is 8.48. The molecule has 0 aliphatic carbocycles. The molecule has 0 radical (unpaired) electrons. The van der Waals surface area contributed by atoms with Crippen molar-refractivity contribution in [2.75, 3.05) is 61.6 Å². The fourth-order valence-electron chi connectivity index (χ4n) is 4.36. The number of methoxy groups -OCH3 is 1. The first-order valence-corrected chi connectivity index (χ1v) is 11.7. The SMILES string of the molecule is COc1c(Nc2ccncc2)nc(N2CCOCC2)nc1-c1cccc(N2CCC(O)CC2)c1. The Balaban J connectivity index is 1.56. The number of piperidine rings is 1. The number of pyridine rings is 1. The van der Waals surface area contributed by atoms with Crippen molar-refractivity contribution in [1.29, 1.82) is 0 Å². The van der Waals surface area contributed by atoms with Crippen molar-refractivity contribution < 1.29 is 14.6 Å². The Morgan fingerprint density at radius 2 is 1.76 bits per heavy atom. The minimum absolute atomic E-state index is 0.209. The first-order valence-electron chi connectivity index (χ1n) is 11.7. The third-order valence-corrected chi connectivity index (χ3v) is 6.24. The van der Waals surface area contributed by atoms with E-state index in [4.69, 9.17) is 19.4 Å². The van der Waals surface area contributed by atoms with Crippen molar-refractivity contribution in [3.05, 3.63) is 48.8 Å². The lowest BCUT2D eigenvalue weighted by Crippen LogP contribution is -2.37. The molecule has 1 aromatic carbocycles. The zero-order valence-corrected chi connectivity index (χ0v) is 19.4. The highest BCUT2D eigenvalue weighted by Gasteiger charge is 2.23. The van der Waals surface area contributed by atoms with Gasteiger partial charge in [0.2, 0.25) is 5.95 Å². The first kappa shape index (κ1) is 22.4. The molecule has 0 spiro atoms. The molecule has 4 heterocycles. The fraction of sp³-hybridized carbons (Fsp3) is 0.400. The fourth-order valence-corrected chi connectivity index (χ4v) is 4.36.